The van der Waals surface area contributed by atoms with Crippen LogP contribution in [0.15, 0.2) is 347 Å². The highest BCUT2D eigenvalue weighted by Gasteiger charge is 2.48. The molecule has 12 aromatic carbocycles. The zero-order valence-electron chi connectivity index (χ0n) is 49.8. The highest BCUT2D eigenvalue weighted by molar-refractivity contribution is 8.01. The lowest BCUT2D eigenvalue weighted by Gasteiger charge is -2.44. The molecule has 4 aliphatic rings. The largest absolute Gasteiger partial charge is 0.311 e. The van der Waals surface area contributed by atoms with Gasteiger partial charge < -0.3 is 19.6 Å². The Hall–Kier alpha value is -11.0. The van der Waals surface area contributed by atoms with Gasteiger partial charge in [0.25, 0.3) is 0 Å². The van der Waals surface area contributed by atoms with Gasteiger partial charge in [-0.05, 0) is 155 Å². The van der Waals surface area contributed by atoms with E-state index in [9.17, 15) is 0 Å². The van der Waals surface area contributed by atoms with Gasteiger partial charge >= 0.3 is 0 Å². The second kappa shape index (κ2) is 22.5. The first kappa shape index (κ1) is 53.9. The second-order valence-corrected chi connectivity index (χ2v) is 25.6. The number of hydrogen-bond donors (Lipinski definition) is 0. The van der Waals surface area contributed by atoms with E-state index in [0.717, 1.165) is 96.3 Å². The first-order valence-electron chi connectivity index (χ1n) is 31.3. The van der Waals surface area contributed by atoms with Crippen LogP contribution < -0.4 is 52.4 Å². The van der Waals surface area contributed by atoms with Gasteiger partial charge in [-0.2, -0.15) is 0 Å². The SMILES string of the molecule is c1ccc(N(c2ccccc2)c2cc3c4c(c2)N(c2ccccc2)c2ccccc2B4c2cc4c(c(-c5c(-c6ccccn6)cccc5-c5ccccn5)c2S3)Sc2cc(N(c3ccccc3)c3ccccc3)cc3c2B4c2ccccc2N3c2ccccc2)cc1. The fourth-order valence-corrected chi connectivity index (χ4v) is 17.4. The molecule has 0 bridgehead atoms. The Kier molecular flexibility index (Phi) is 13.2. The van der Waals surface area contributed by atoms with Gasteiger partial charge in [-0.25, -0.2) is 0 Å². The van der Waals surface area contributed by atoms with Crippen molar-refractivity contribution in [2.45, 2.75) is 19.6 Å². The van der Waals surface area contributed by atoms with Crippen molar-refractivity contribution in [2.24, 2.45) is 0 Å². The molecule has 0 aliphatic carbocycles. The van der Waals surface area contributed by atoms with Crippen LogP contribution >= 0.6 is 23.5 Å². The van der Waals surface area contributed by atoms with Crippen LogP contribution in [0.25, 0.3) is 33.6 Å². The third-order valence-electron chi connectivity index (χ3n) is 18.4. The van der Waals surface area contributed by atoms with Gasteiger partial charge in [-0.15, -0.1) is 0 Å². The summed E-state index contributed by atoms with van der Waals surface area (Å²) in [5, 5.41) is 0. The number of anilines is 12. The van der Waals surface area contributed by atoms with E-state index in [0.29, 0.717) is 0 Å². The molecule has 0 saturated carbocycles. The van der Waals surface area contributed by atoms with E-state index in [-0.39, 0.29) is 13.4 Å². The molecule has 0 radical (unpaired) electrons. The number of fused-ring (bicyclic) bond motifs is 8. The molecule has 0 spiro atoms. The molecule has 6 nitrogen and oxygen atoms in total. The Balaban J connectivity index is 0.984. The molecule has 0 atom stereocenters. The molecule has 92 heavy (non-hydrogen) atoms. The number of benzene rings is 12. The summed E-state index contributed by atoms with van der Waals surface area (Å²) in [6.07, 6.45) is 3.85. The van der Waals surface area contributed by atoms with Crippen molar-refractivity contribution in [1.82, 2.24) is 9.97 Å². The quantitative estimate of drug-likeness (QED) is 0.119. The lowest BCUT2D eigenvalue weighted by atomic mass is 9.31. The minimum atomic E-state index is -0.175. The number of aromatic nitrogens is 2. The smallest absolute Gasteiger partial charge is 0.249 e. The minimum Gasteiger partial charge on any atom is -0.311 e. The number of rotatable bonds is 11. The van der Waals surface area contributed by atoms with Gasteiger partial charge in [-0.1, -0.05) is 216 Å². The predicted octanol–water partition coefficient (Wildman–Crippen LogP) is 17.9. The fraction of sp³-hybridized carbons (Fsp3) is 0. The van der Waals surface area contributed by atoms with Crippen molar-refractivity contribution in [2.75, 3.05) is 19.6 Å². The molecule has 10 heteroatoms. The Labute approximate surface area is 545 Å². The third kappa shape index (κ3) is 8.85. The molecule has 4 aliphatic heterocycles. The normalized spacial score (nSPS) is 12.8. The molecular weight excluding hydrogens is 1150 g/mol. The van der Waals surface area contributed by atoms with Crippen LogP contribution in [-0.4, -0.2) is 23.4 Å². The molecule has 0 fully saturated rings. The van der Waals surface area contributed by atoms with Crippen LogP contribution in [0.2, 0.25) is 0 Å². The average molecular weight is 1210 g/mol. The summed E-state index contributed by atoms with van der Waals surface area (Å²) in [7, 11) is 0. The van der Waals surface area contributed by atoms with Crippen LogP contribution in [0.5, 0.6) is 0 Å². The molecule has 0 unspecified atom stereocenters. The summed E-state index contributed by atoms with van der Waals surface area (Å²) in [5.74, 6) is 0. The van der Waals surface area contributed by atoms with E-state index < -0.39 is 0 Å². The predicted molar refractivity (Wildman–Crippen MR) is 388 cm³/mol. The second-order valence-electron chi connectivity index (χ2n) is 23.5. The fourth-order valence-electron chi connectivity index (χ4n) is 14.7. The van der Waals surface area contributed by atoms with E-state index >= 15 is 0 Å². The van der Waals surface area contributed by atoms with Crippen molar-refractivity contribution in [3.05, 3.63) is 328 Å². The lowest BCUT2D eigenvalue weighted by Crippen LogP contribution is -2.64. The standard InChI is InChI=1S/C82H54B2N6S2/c1-7-28-55(29-8-1)87(56-30-9-2-10-31-56)61-50-73-79-75(52-61)91-81-67(83(79)65-42-19-21-46-71(65)89(73)59-36-15-5-16-37-59)54-68-82(78(81)77-63(69-44-23-25-48-85-69)40-27-41-64(77)70-45-24-26-49-86-70)92-76-53-62(88(57-32-11-3-12-33-57)58-34-13-4-14-35-58)51-74-80(76)84(68)66-43-20-22-47-72(66)90(74)60-38-17-6-18-39-60/h1-54H. The number of para-hydroxylation sites is 8. The van der Waals surface area contributed by atoms with Gasteiger partial charge in [0.15, 0.2) is 0 Å². The Morgan fingerprint density at radius 2 is 0.641 bits per heavy atom. The summed E-state index contributed by atoms with van der Waals surface area (Å²) in [6.45, 7) is -0.350. The monoisotopic (exact) mass is 1210 g/mol. The van der Waals surface area contributed by atoms with Crippen LogP contribution in [0.4, 0.5) is 68.2 Å². The highest BCUT2D eigenvalue weighted by Crippen LogP contribution is 2.55. The van der Waals surface area contributed by atoms with Crippen molar-refractivity contribution in [3.8, 4) is 33.6 Å². The van der Waals surface area contributed by atoms with E-state index in [4.69, 9.17) is 9.97 Å². The van der Waals surface area contributed by atoms with Gasteiger partial charge in [0.2, 0.25) is 13.4 Å². The number of hydrogen-bond acceptors (Lipinski definition) is 8. The third-order valence-corrected chi connectivity index (χ3v) is 20.8. The van der Waals surface area contributed by atoms with Gasteiger partial charge in [0, 0.05) is 122 Å². The Morgan fingerprint density at radius 1 is 0.283 bits per heavy atom. The highest BCUT2D eigenvalue weighted by atomic mass is 32.2. The van der Waals surface area contributed by atoms with E-state index in [1.807, 2.05) is 48.1 Å². The van der Waals surface area contributed by atoms with Crippen molar-refractivity contribution in [1.29, 1.82) is 0 Å². The maximum absolute atomic E-state index is 5.22. The van der Waals surface area contributed by atoms with Crippen molar-refractivity contribution < 1.29 is 0 Å². The zero-order chi connectivity index (χ0) is 60.6. The van der Waals surface area contributed by atoms with Crippen LogP contribution in [0.3, 0.4) is 0 Å². The van der Waals surface area contributed by atoms with Crippen molar-refractivity contribution in [3.63, 3.8) is 0 Å². The summed E-state index contributed by atoms with van der Waals surface area (Å²) in [5.41, 5.74) is 27.1. The van der Waals surface area contributed by atoms with Crippen LogP contribution in [0, 0.1) is 0 Å². The molecule has 2 aromatic heterocycles. The number of pyridine rings is 2. The summed E-state index contributed by atoms with van der Waals surface area (Å²) >= 11 is 3.83. The molecular formula is C82H54B2N6S2. The Bertz CT molecular complexity index is 4740. The minimum absolute atomic E-state index is 0.175. The first-order chi connectivity index (χ1) is 45.7. The van der Waals surface area contributed by atoms with Gasteiger partial charge in [0.1, 0.15) is 0 Å². The van der Waals surface area contributed by atoms with Gasteiger partial charge in [-0.3, -0.25) is 9.97 Å². The van der Waals surface area contributed by atoms with Gasteiger partial charge in [0.05, 0.1) is 11.4 Å². The molecule has 14 aromatic rings. The van der Waals surface area contributed by atoms with E-state index in [2.05, 4.69) is 323 Å². The lowest BCUT2D eigenvalue weighted by molar-refractivity contribution is 1.22. The van der Waals surface area contributed by atoms with Crippen LogP contribution in [0.1, 0.15) is 0 Å². The summed E-state index contributed by atoms with van der Waals surface area (Å²) in [4.78, 5) is 25.2. The average Bonchev–Trinajstić information content (AvgIpc) is 0.690. The molecule has 430 valence electrons. The van der Waals surface area contributed by atoms with E-state index in [1.165, 1.54) is 57.9 Å². The number of nitrogens with zero attached hydrogens (tertiary/aromatic N) is 6. The molecule has 18 rings (SSSR count). The summed E-state index contributed by atoms with van der Waals surface area (Å²) in [6, 6.07) is 115. The maximum atomic E-state index is 5.22. The zero-order valence-corrected chi connectivity index (χ0v) is 51.5. The molecule has 0 saturated heterocycles. The molecule has 0 N–H and O–H groups in total. The van der Waals surface area contributed by atoms with Crippen molar-refractivity contribution >= 4 is 138 Å². The topological polar surface area (TPSA) is 38.7 Å². The van der Waals surface area contributed by atoms with Crippen LogP contribution in [-0.2, 0) is 0 Å². The molecule has 6 heterocycles. The van der Waals surface area contributed by atoms with E-state index in [1.54, 1.807) is 0 Å². The first-order valence-corrected chi connectivity index (χ1v) is 32.9. The molecule has 0 amide bonds. The summed E-state index contributed by atoms with van der Waals surface area (Å²) < 4.78 is 0. The maximum Gasteiger partial charge on any atom is 0.249 e. The Morgan fingerprint density at radius 3 is 1.02 bits per heavy atom.